The zero-order chi connectivity index (χ0) is 21.1. The molecule has 2 heterocycles. The molecule has 5 nitrogen and oxygen atoms in total. The lowest BCUT2D eigenvalue weighted by Crippen LogP contribution is -2.49. The number of aromatic nitrogens is 1. The summed E-state index contributed by atoms with van der Waals surface area (Å²) in [5, 5.41) is 3.76. The number of anilines is 2. The van der Waals surface area contributed by atoms with E-state index < -0.39 is 5.82 Å². The standard InChI is InChI=1S/C20H22Cl3FN4O/c1-12(2)18-11-27(19-15(22)9-25-10-16(19)23)6-3-7-28(18)20(29)26-13-4-5-17(24)14(21)8-13/h4-5,8-10,12,18H,3,6-7,11H2,1-2H3,(H,26,29)/t18-/m0/s1. The molecule has 1 saturated heterocycles. The van der Waals surface area contributed by atoms with Gasteiger partial charge in [-0.05, 0) is 30.5 Å². The third kappa shape index (κ3) is 5.05. The summed E-state index contributed by atoms with van der Waals surface area (Å²) in [5.41, 5.74) is 1.19. The number of carbonyl (C=O) groups excluding carboxylic acids is 1. The Kier molecular flexibility index (Phi) is 7.09. The Bertz CT molecular complexity index is 876. The topological polar surface area (TPSA) is 48.5 Å². The van der Waals surface area contributed by atoms with Crippen LogP contribution >= 0.6 is 34.8 Å². The first-order valence-corrected chi connectivity index (χ1v) is 10.5. The number of hydrogen-bond acceptors (Lipinski definition) is 3. The summed E-state index contributed by atoms with van der Waals surface area (Å²) in [6, 6.07) is 3.80. The minimum absolute atomic E-state index is 0.0350. The van der Waals surface area contributed by atoms with Crippen LogP contribution in [0.2, 0.25) is 15.1 Å². The molecule has 29 heavy (non-hydrogen) atoms. The number of amides is 2. The number of pyridine rings is 1. The zero-order valence-electron chi connectivity index (χ0n) is 16.1. The first-order valence-electron chi connectivity index (χ1n) is 9.34. The van der Waals surface area contributed by atoms with Crippen molar-refractivity contribution >= 4 is 52.2 Å². The van der Waals surface area contributed by atoms with E-state index in [1.54, 1.807) is 12.4 Å². The number of carbonyl (C=O) groups is 1. The fourth-order valence-electron chi connectivity index (χ4n) is 3.52. The predicted octanol–water partition coefficient (Wildman–Crippen LogP) is 5.95. The molecule has 1 aliphatic rings. The largest absolute Gasteiger partial charge is 0.367 e. The highest BCUT2D eigenvalue weighted by Crippen LogP contribution is 2.34. The Balaban J connectivity index is 1.82. The monoisotopic (exact) mass is 458 g/mol. The Morgan fingerprint density at radius 1 is 1.17 bits per heavy atom. The van der Waals surface area contributed by atoms with Crippen molar-refractivity contribution in [2.75, 3.05) is 29.9 Å². The van der Waals surface area contributed by atoms with Crippen LogP contribution in [-0.2, 0) is 0 Å². The zero-order valence-corrected chi connectivity index (χ0v) is 18.4. The number of nitrogens with zero attached hydrogens (tertiary/aromatic N) is 3. The highest BCUT2D eigenvalue weighted by atomic mass is 35.5. The van der Waals surface area contributed by atoms with Crippen LogP contribution in [0.25, 0.3) is 0 Å². The SMILES string of the molecule is CC(C)[C@@H]1CN(c2c(Cl)cncc2Cl)CCCN1C(=O)Nc1ccc(F)c(Cl)c1. The maximum absolute atomic E-state index is 13.4. The summed E-state index contributed by atoms with van der Waals surface area (Å²) >= 11 is 18.5. The number of halogens is 4. The summed E-state index contributed by atoms with van der Waals surface area (Å²) in [6.07, 6.45) is 3.89. The molecule has 2 aromatic rings. The van der Waals surface area contributed by atoms with Crippen LogP contribution < -0.4 is 10.2 Å². The van der Waals surface area contributed by atoms with Gasteiger partial charge in [-0.2, -0.15) is 0 Å². The highest BCUT2D eigenvalue weighted by molar-refractivity contribution is 6.38. The average Bonchev–Trinajstić information content (AvgIpc) is 2.88. The second-order valence-electron chi connectivity index (χ2n) is 7.32. The summed E-state index contributed by atoms with van der Waals surface area (Å²) in [4.78, 5) is 20.9. The van der Waals surface area contributed by atoms with Gasteiger partial charge in [0, 0.05) is 37.7 Å². The van der Waals surface area contributed by atoms with E-state index in [1.165, 1.54) is 18.2 Å². The van der Waals surface area contributed by atoms with E-state index in [0.29, 0.717) is 35.4 Å². The van der Waals surface area contributed by atoms with Crippen molar-refractivity contribution in [2.45, 2.75) is 26.3 Å². The van der Waals surface area contributed by atoms with Crippen molar-refractivity contribution < 1.29 is 9.18 Å². The minimum atomic E-state index is -0.527. The van der Waals surface area contributed by atoms with Gasteiger partial charge in [0.05, 0.1) is 26.8 Å². The summed E-state index contributed by atoms with van der Waals surface area (Å²) < 4.78 is 13.4. The van der Waals surface area contributed by atoms with Crippen LogP contribution in [0.5, 0.6) is 0 Å². The van der Waals surface area contributed by atoms with Gasteiger partial charge < -0.3 is 15.1 Å². The van der Waals surface area contributed by atoms with Crippen LogP contribution in [0.3, 0.4) is 0 Å². The van der Waals surface area contributed by atoms with Crippen molar-refractivity contribution in [3.63, 3.8) is 0 Å². The smallest absolute Gasteiger partial charge is 0.322 e. The molecule has 2 amide bonds. The van der Waals surface area contributed by atoms with E-state index in [-0.39, 0.29) is 23.0 Å². The predicted molar refractivity (Wildman–Crippen MR) is 117 cm³/mol. The van der Waals surface area contributed by atoms with E-state index in [0.717, 1.165) is 12.1 Å². The van der Waals surface area contributed by atoms with Crippen molar-refractivity contribution in [3.8, 4) is 0 Å². The Labute approximate surface area is 184 Å². The molecule has 0 bridgehead atoms. The summed E-state index contributed by atoms with van der Waals surface area (Å²) in [7, 11) is 0. The molecule has 1 N–H and O–H groups in total. The number of hydrogen-bond donors (Lipinski definition) is 1. The molecule has 1 aliphatic heterocycles. The van der Waals surface area contributed by atoms with Gasteiger partial charge in [-0.15, -0.1) is 0 Å². The van der Waals surface area contributed by atoms with Crippen molar-refractivity contribution in [2.24, 2.45) is 5.92 Å². The molecular formula is C20H22Cl3FN4O. The van der Waals surface area contributed by atoms with Crippen LogP contribution in [0, 0.1) is 11.7 Å². The van der Waals surface area contributed by atoms with Crippen LogP contribution in [-0.4, -0.2) is 41.6 Å². The highest BCUT2D eigenvalue weighted by Gasteiger charge is 2.32. The van der Waals surface area contributed by atoms with Crippen LogP contribution in [0.15, 0.2) is 30.6 Å². The number of nitrogens with one attached hydrogen (secondary N) is 1. The lowest BCUT2D eigenvalue weighted by Gasteiger charge is -2.35. The maximum Gasteiger partial charge on any atom is 0.322 e. The van der Waals surface area contributed by atoms with Gasteiger partial charge in [-0.25, -0.2) is 9.18 Å². The number of urea groups is 1. The average molecular weight is 460 g/mol. The van der Waals surface area contributed by atoms with Crippen molar-refractivity contribution in [1.29, 1.82) is 0 Å². The van der Waals surface area contributed by atoms with Crippen LogP contribution in [0.4, 0.5) is 20.6 Å². The fraction of sp³-hybridized carbons (Fsp3) is 0.400. The first-order chi connectivity index (χ1) is 13.8. The van der Waals surface area contributed by atoms with Gasteiger partial charge >= 0.3 is 6.03 Å². The lowest BCUT2D eigenvalue weighted by molar-refractivity contribution is 0.175. The maximum atomic E-state index is 13.4. The van der Waals surface area contributed by atoms with Crippen molar-refractivity contribution in [3.05, 3.63) is 51.5 Å². The molecule has 1 fully saturated rings. The van der Waals surface area contributed by atoms with E-state index in [1.807, 2.05) is 4.90 Å². The molecule has 1 aromatic heterocycles. The minimum Gasteiger partial charge on any atom is -0.367 e. The van der Waals surface area contributed by atoms with E-state index in [2.05, 4.69) is 29.0 Å². The normalized spacial score (nSPS) is 17.4. The van der Waals surface area contributed by atoms with E-state index in [9.17, 15) is 9.18 Å². The third-order valence-electron chi connectivity index (χ3n) is 4.98. The molecular weight excluding hydrogens is 438 g/mol. The molecule has 0 unspecified atom stereocenters. The summed E-state index contributed by atoms with van der Waals surface area (Å²) in [6.45, 7) is 6.00. The van der Waals surface area contributed by atoms with Gasteiger partial charge in [0.2, 0.25) is 0 Å². The Morgan fingerprint density at radius 2 is 1.86 bits per heavy atom. The molecule has 1 atom stereocenters. The van der Waals surface area contributed by atoms with Crippen LogP contribution in [0.1, 0.15) is 20.3 Å². The molecule has 0 radical (unpaired) electrons. The molecule has 9 heteroatoms. The van der Waals surface area contributed by atoms with Gasteiger partial charge in [0.25, 0.3) is 0 Å². The Hall–Kier alpha value is -1.76. The number of benzene rings is 1. The second-order valence-corrected chi connectivity index (χ2v) is 8.54. The van der Waals surface area contributed by atoms with Gasteiger partial charge in [-0.1, -0.05) is 48.7 Å². The molecule has 0 saturated carbocycles. The fourth-order valence-corrected chi connectivity index (χ4v) is 4.30. The van der Waals surface area contributed by atoms with Gasteiger partial charge in [0.1, 0.15) is 5.82 Å². The quantitative estimate of drug-likeness (QED) is 0.617. The molecule has 3 rings (SSSR count). The third-order valence-corrected chi connectivity index (χ3v) is 5.82. The van der Waals surface area contributed by atoms with Gasteiger partial charge in [0.15, 0.2) is 0 Å². The Morgan fingerprint density at radius 3 is 2.48 bits per heavy atom. The number of rotatable bonds is 3. The van der Waals surface area contributed by atoms with Gasteiger partial charge in [-0.3, -0.25) is 4.98 Å². The summed E-state index contributed by atoms with van der Waals surface area (Å²) in [5.74, 6) is -0.334. The molecule has 0 aliphatic carbocycles. The van der Waals surface area contributed by atoms with E-state index in [4.69, 9.17) is 34.8 Å². The molecule has 1 aromatic carbocycles. The van der Waals surface area contributed by atoms with Crippen molar-refractivity contribution in [1.82, 2.24) is 9.88 Å². The lowest BCUT2D eigenvalue weighted by atomic mass is 10.0. The molecule has 0 spiro atoms. The second kappa shape index (κ2) is 9.37. The molecule has 156 valence electrons. The van der Waals surface area contributed by atoms with E-state index >= 15 is 0 Å². The first kappa shape index (κ1) is 21.9.